The summed E-state index contributed by atoms with van der Waals surface area (Å²) in [7, 11) is 0. The summed E-state index contributed by atoms with van der Waals surface area (Å²) in [6.45, 7) is 2.47. The third kappa shape index (κ3) is 4.67. The van der Waals surface area contributed by atoms with Crippen LogP contribution in [-0.2, 0) is 0 Å². The first-order chi connectivity index (χ1) is 13.6. The molecule has 3 aromatic rings. The number of phenols is 1. The molecule has 1 heterocycles. The number of halogens is 1. The molecule has 0 atom stereocenters. The quantitative estimate of drug-likeness (QED) is 0.506. The summed E-state index contributed by atoms with van der Waals surface area (Å²) in [6.07, 6.45) is 3.94. The normalized spacial score (nSPS) is 10.8. The lowest BCUT2D eigenvalue weighted by atomic mass is 10.1. The van der Waals surface area contributed by atoms with Gasteiger partial charge in [0.2, 0.25) is 0 Å². The van der Waals surface area contributed by atoms with E-state index >= 15 is 0 Å². The fourth-order valence-corrected chi connectivity index (χ4v) is 2.35. The molecule has 0 bridgehead atoms. The first-order valence-corrected chi connectivity index (χ1v) is 8.44. The van der Waals surface area contributed by atoms with Crippen LogP contribution >= 0.6 is 0 Å². The number of carbonyl (C=O) groups is 1. The number of aromatic nitrogens is 2. The molecule has 3 rings (SSSR count). The predicted octanol–water partition coefficient (Wildman–Crippen LogP) is 3.15. The molecule has 0 aliphatic rings. The lowest BCUT2D eigenvalue weighted by Crippen LogP contribution is -2.19. The summed E-state index contributed by atoms with van der Waals surface area (Å²) in [5.74, 6) is -0.546. The molecule has 0 unspecified atom stereocenters. The Morgan fingerprint density at radius 2 is 2.04 bits per heavy atom. The molecule has 0 aliphatic carbocycles. The van der Waals surface area contributed by atoms with E-state index in [1.807, 2.05) is 19.1 Å². The van der Waals surface area contributed by atoms with Gasteiger partial charge in [0.15, 0.2) is 0 Å². The molecule has 2 aromatic carbocycles. The highest BCUT2D eigenvalue weighted by atomic mass is 19.1. The molecule has 0 radical (unpaired) electrons. The van der Waals surface area contributed by atoms with Gasteiger partial charge in [-0.3, -0.25) is 9.78 Å². The highest BCUT2D eigenvalue weighted by Gasteiger charge is 2.09. The zero-order valence-corrected chi connectivity index (χ0v) is 15.0. The van der Waals surface area contributed by atoms with E-state index in [4.69, 9.17) is 4.74 Å². The van der Waals surface area contributed by atoms with Crippen molar-refractivity contribution < 1.29 is 19.0 Å². The lowest BCUT2D eigenvalue weighted by Gasteiger charge is -2.06. The van der Waals surface area contributed by atoms with Crippen LogP contribution in [0, 0.1) is 5.82 Å². The molecule has 7 nitrogen and oxygen atoms in total. The fraction of sp³-hybridized carbons (Fsp3) is 0.100. The second kappa shape index (κ2) is 8.72. The number of hydrogen-bond acceptors (Lipinski definition) is 6. The second-order valence-electron chi connectivity index (χ2n) is 5.65. The summed E-state index contributed by atoms with van der Waals surface area (Å²) in [6, 6.07) is 10.8. The summed E-state index contributed by atoms with van der Waals surface area (Å²) in [4.78, 5) is 20.5. The molecule has 28 heavy (non-hydrogen) atoms. The number of aromatic hydroxyl groups is 1. The number of hydrogen-bond donors (Lipinski definition) is 2. The van der Waals surface area contributed by atoms with E-state index in [2.05, 4.69) is 20.5 Å². The molecule has 2 N–H and O–H groups in total. The number of hydrazone groups is 1. The Morgan fingerprint density at radius 3 is 2.79 bits per heavy atom. The molecule has 0 saturated carbocycles. The molecule has 142 valence electrons. The largest absolute Gasteiger partial charge is 0.508 e. The Kier molecular flexibility index (Phi) is 5.91. The van der Waals surface area contributed by atoms with Crippen molar-refractivity contribution in [1.29, 1.82) is 0 Å². The van der Waals surface area contributed by atoms with E-state index in [1.165, 1.54) is 24.5 Å². The van der Waals surface area contributed by atoms with Gasteiger partial charge in [0, 0.05) is 11.1 Å². The van der Waals surface area contributed by atoms with E-state index in [1.54, 1.807) is 12.1 Å². The Labute approximate surface area is 160 Å². The molecule has 0 spiro atoms. The minimum absolute atomic E-state index is 0.0366. The predicted molar refractivity (Wildman–Crippen MR) is 102 cm³/mol. The first-order valence-electron chi connectivity index (χ1n) is 8.44. The van der Waals surface area contributed by atoms with E-state index < -0.39 is 11.7 Å². The van der Waals surface area contributed by atoms with Gasteiger partial charge in [-0.15, -0.1) is 0 Å². The number of amides is 1. The van der Waals surface area contributed by atoms with Crippen molar-refractivity contribution in [3.63, 3.8) is 0 Å². The van der Waals surface area contributed by atoms with E-state index in [0.717, 1.165) is 23.6 Å². The molecule has 8 heteroatoms. The maximum atomic E-state index is 13.6. The zero-order chi connectivity index (χ0) is 19.9. The van der Waals surface area contributed by atoms with Crippen molar-refractivity contribution in [2.75, 3.05) is 6.61 Å². The minimum Gasteiger partial charge on any atom is -0.508 e. The molecule has 1 aromatic heterocycles. The van der Waals surface area contributed by atoms with Gasteiger partial charge >= 0.3 is 0 Å². The van der Waals surface area contributed by atoms with Crippen LogP contribution in [0.25, 0.3) is 11.3 Å². The van der Waals surface area contributed by atoms with Crippen molar-refractivity contribution in [3.8, 4) is 22.8 Å². The maximum absolute atomic E-state index is 13.6. The van der Waals surface area contributed by atoms with Crippen molar-refractivity contribution in [1.82, 2.24) is 15.4 Å². The highest BCUT2D eigenvalue weighted by molar-refractivity contribution is 5.93. The highest BCUT2D eigenvalue weighted by Crippen LogP contribution is 2.20. The number of phenolic OH excluding ortho intramolecular Hbond substituents is 1. The number of rotatable bonds is 6. The maximum Gasteiger partial charge on any atom is 0.291 e. The van der Waals surface area contributed by atoms with Gasteiger partial charge in [-0.05, 0) is 49.4 Å². The Bertz CT molecular complexity index is 1010. The van der Waals surface area contributed by atoms with Gasteiger partial charge in [-0.1, -0.05) is 0 Å². The van der Waals surface area contributed by atoms with Gasteiger partial charge in [0.1, 0.15) is 23.0 Å². The monoisotopic (exact) mass is 380 g/mol. The average molecular weight is 380 g/mol. The van der Waals surface area contributed by atoms with Gasteiger partial charge < -0.3 is 9.84 Å². The topological polar surface area (TPSA) is 96.7 Å². The number of nitrogens with one attached hydrogen (secondary N) is 1. The Hall–Kier alpha value is -3.81. The summed E-state index contributed by atoms with van der Waals surface area (Å²) < 4.78 is 19.0. The molecular weight excluding hydrogens is 363 g/mol. The fourth-order valence-electron chi connectivity index (χ4n) is 2.35. The van der Waals surface area contributed by atoms with Crippen LogP contribution in [0.15, 0.2) is 60.0 Å². The van der Waals surface area contributed by atoms with Crippen LogP contribution in [-0.4, -0.2) is 33.8 Å². The van der Waals surface area contributed by atoms with E-state index in [0.29, 0.717) is 12.3 Å². The van der Waals surface area contributed by atoms with Crippen molar-refractivity contribution in [3.05, 3.63) is 71.9 Å². The molecule has 0 aliphatic heterocycles. The van der Waals surface area contributed by atoms with Crippen molar-refractivity contribution >= 4 is 12.1 Å². The Balaban J connectivity index is 1.71. The molecule has 0 fully saturated rings. The number of benzene rings is 2. The summed E-state index contributed by atoms with van der Waals surface area (Å²) >= 11 is 0. The van der Waals surface area contributed by atoms with Crippen molar-refractivity contribution in [2.45, 2.75) is 6.92 Å². The third-order valence-corrected chi connectivity index (χ3v) is 3.68. The zero-order valence-electron chi connectivity index (χ0n) is 15.0. The molecule has 1 amide bonds. The standard InChI is InChI=1S/C20H17FN4O3/c1-2-28-16-6-3-13(4-7-16)18-11-22-12-19(24-18)20(27)25-23-10-14-9-15(26)5-8-17(14)21/h3-12,26H,2H2,1H3,(H,25,27)/b23-10+. The van der Waals surface area contributed by atoms with E-state index in [-0.39, 0.29) is 17.0 Å². The second-order valence-corrected chi connectivity index (χ2v) is 5.65. The summed E-state index contributed by atoms with van der Waals surface area (Å²) in [5.41, 5.74) is 3.64. The third-order valence-electron chi connectivity index (χ3n) is 3.68. The van der Waals surface area contributed by atoms with Crippen LogP contribution < -0.4 is 10.2 Å². The average Bonchev–Trinajstić information content (AvgIpc) is 2.71. The number of ether oxygens (including phenoxy) is 1. The van der Waals surface area contributed by atoms with Crippen molar-refractivity contribution in [2.24, 2.45) is 5.10 Å². The number of nitrogens with zero attached hydrogens (tertiary/aromatic N) is 3. The minimum atomic E-state index is -0.600. The van der Waals surface area contributed by atoms with Crippen LogP contribution in [0.1, 0.15) is 23.0 Å². The van der Waals surface area contributed by atoms with Crippen LogP contribution in [0.5, 0.6) is 11.5 Å². The van der Waals surface area contributed by atoms with E-state index in [9.17, 15) is 14.3 Å². The Morgan fingerprint density at radius 1 is 1.25 bits per heavy atom. The molecular formula is C20H17FN4O3. The van der Waals surface area contributed by atoms with Gasteiger partial charge in [-0.25, -0.2) is 14.8 Å². The van der Waals surface area contributed by atoms with Crippen LogP contribution in [0.3, 0.4) is 0 Å². The van der Waals surface area contributed by atoms with Gasteiger partial charge in [-0.2, -0.15) is 5.10 Å². The number of carbonyl (C=O) groups excluding carboxylic acids is 1. The SMILES string of the molecule is CCOc1ccc(-c2cncc(C(=O)N/N=C/c3cc(O)ccc3F)n2)cc1. The molecule has 0 saturated heterocycles. The van der Waals surface area contributed by atoms with Crippen LogP contribution in [0.2, 0.25) is 0 Å². The summed E-state index contributed by atoms with van der Waals surface area (Å²) in [5, 5.41) is 13.1. The first kappa shape index (κ1) is 19.0. The van der Waals surface area contributed by atoms with Gasteiger partial charge in [0.05, 0.1) is 30.9 Å². The lowest BCUT2D eigenvalue weighted by molar-refractivity contribution is 0.0950. The smallest absolute Gasteiger partial charge is 0.291 e. The van der Waals surface area contributed by atoms with Crippen LogP contribution in [0.4, 0.5) is 4.39 Å². The van der Waals surface area contributed by atoms with Gasteiger partial charge in [0.25, 0.3) is 5.91 Å².